The highest BCUT2D eigenvalue weighted by Gasteiger charge is 2.31. The summed E-state index contributed by atoms with van der Waals surface area (Å²) >= 11 is 0. The third-order valence-corrected chi connectivity index (χ3v) is 3.37. The molecule has 1 saturated heterocycles. The van der Waals surface area contributed by atoms with Crippen molar-refractivity contribution in [2.45, 2.75) is 18.9 Å². The zero-order valence-corrected chi connectivity index (χ0v) is 9.62. The third kappa shape index (κ3) is 2.58. The van der Waals surface area contributed by atoms with Crippen LogP contribution in [0.2, 0.25) is 0 Å². The van der Waals surface area contributed by atoms with E-state index in [1.165, 1.54) is 4.90 Å². The average Bonchev–Trinajstić information content (AvgIpc) is 2.39. The van der Waals surface area contributed by atoms with E-state index in [4.69, 9.17) is 5.11 Å². The van der Waals surface area contributed by atoms with Crippen LogP contribution >= 0.6 is 0 Å². The van der Waals surface area contributed by atoms with Gasteiger partial charge in [0.05, 0.1) is 6.04 Å². The molecule has 2 atom stereocenters. The van der Waals surface area contributed by atoms with Gasteiger partial charge in [0.15, 0.2) is 0 Å². The number of carbonyl (C=O) groups is 1. The van der Waals surface area contributed by atoms with Gasteiger partial charge in [-0.3, -0.25) is 0 Å². The molecular formula is C13H17NO3. The van der Waals surface area contributed by atoms with Crippen LogP contribution in [-0.4, -0.2) is 34.4 Å². The average molecular weight is 235 g/mol. The molecule has 1 aromatic rings. The van der Waals surface area contributed by atoms with Crippen molar-refractivity contribution in [2.24, 2.45) is 5.92 Å². The van der Waals surface area contributed by atoms with Crippen LogP contribution in [0.5, 0.6) is 0 Å². The summed E-state index contributed by atoms with van der Waals surface area (Å²) in [6, 6.07) is 9.62. The molecule has 0 bridgehead atoms. The fraction of sp³-hybridized carbons (Fsp3) is 0.462. The number of hydrogen-bond donors (Lipinski definition) is 2. The van der Waals surface area contributed by atoms with Gasteiger partial charge in [-0.1, -0.05) is 30.3 Å². The lowest BCUT2D eigenvalue weighted by Gasteiger charge is -2.37. The number of carboxylic acid groups (broad SMARTS) is 1. The van der Waals surface area contributed by atoms with E-state index in [1.807, 2.05) is 30.3 Å². The summed E-state index contributed by atoms with van der Waals surface area (Å²) in [5.41, 5.74) is 1.03. The lowest BCUT2D eigenvalue weighted by atomic mass is 9.90. The van der Waals surface area contributed by atoms with Crippen molar-refractivity contribution < 1.29 is 15.0 Å². The van der Waals surface area contributed by atoms with E-state index in [0.717, 1.165) is 18.4 Å². The summed E-state index contributed by atoms with van der Waals surface area (Å²) in [4.78, 5) is 12.7. The van der Waals surface area contributed by atoms with E-state index >= 15 is 0 Å². The van der Waals surface area contributed by atoms with Gasteiger partial charge in [-0.25, -0.2) is 4.79 Å². The van der Waals surface area contributed by atoms with Crippen LogP contribution < -0.4 is 0 Å². The predicted molar refractivity (Wildman–Crippen MR) is 63.7 cm³/mol. The molecule has 4 nitrogen and oxygen atoms in total. The smallest absolute Gasteiger partial charge is 0.407 e. The highest BCUT2D eigenvalue weighted by atomic mass is 16.4. The van der Waals surface area contributed by atoms with Crippen LogP contribution in [0.1, 0.15) is 24.4 Å². The number of hydrogen-bond acceptors (Lipinski definition) is 2. The Kier molecular flexibility index (Phi) is 3.64. The van der Waals surface area contributed by atoms with Gasteiger partial charge in [0, 0.05) is 13.2 Å². The summed E-state index contributed by atoms with van der Waals surface area (Å²) < 4.78 is 0. The van der Waals surface area contributed by atoms with E-state index < -0.39 is 6.09 Å². The van der Waals surface area contributed by atoms with Gasteiger partial charge >= 0.3 is 6.09 Å². The maximum Gasteiger partial charge on any atom is 0.407 e. The molecule has 92 valence electrons. The molecule has 1 amide bonds. The lowest BCUT2D eigenvalue weighted by molar-refractivity contribution is 0.0679. The van der Waals surface area contributed by atoms with Crippen LogP contribution in [-0.2, 0) is 0 Å². The highest BCUT2D eigenvalue weighted by Crippen LogP contribution is 2.33. The second-order valence-electron chi connectivity index (χ2n) is 4.49. The normalized spacial score (nSPS) is 24.6. The fourth-order valence-corrected chi connectivity index (χ4v) is 2.43. The van der Waals surface area contributed by atoms with Crippen molar-refractivity contribution in [1.82, 2.24) is 4.90 Å². The molecular weight excluding hydrogens is 218 g/mol. The molecule has 0 radical (unpaired) electrons. The topological polar surface area (TPSA) is 60.8 Å². The van der Waals surface area contributed by atoms with Crippen LogP contribution in [0, 0.1) is 5.92 Å². The van der Waals surface area contributed by atoms with Gasteiger partial charge in [0.1, 0.15) is 0 Å². The molecule has 0 spiro atoms. The van der Waals surface area contributed by atoms with Crippen molar-refractivity contribution in [2.75, 3.05) is 13.2 Å². The van der Waals surface area contributed by atoms with Crippen LogP contribution in [0.25, 0.3) is 0 Å². The maximum atomic E-state index is 11.2. The van der Waals surface area contributed by atoms with Gasteiger partial charge < -0.3 is 15.1 Å². The van der Waals surface area contributed by atoms with Crippen molar-refractivity contribution in [3.63, 3.8) is 0 Å². The molecule has 0 saturated carbocycles. The summed E-state index contributed by atoms with van der Waals surface area (Å²) in [7, 11) is 0. The van der Waals surface area contributed by atoms with Crippen LogP contribution in [0.15, 0.2) is 30.3 Å². The van der Waals surface area contributed by atoms with Crippen LogP contribution in [0.3, 0.4) is 0 Å². The van der Waals surface area contributed by atoms with Gasteiger partial charge in [-0.2, -0.15) is 0 Å². The number of benzene rings is 1. The number of amides is 1. The summed E-state index contributed by atoms with van der Waals surface area (Å²) in [5, 5.41) is 18.4. The molecule has 2 N–H and O–H groups in total. The molecule has 2 rings (SSSR count). The van der Waals surface area contributed by atoms with Gasteiger partial charge in [-0.05, 0) is 24.3 Å². The number of nitrogens with zero attached hydrogens (tertiary/aromatic N) is 1. The van der Waals surface area contributed by atoms with Crippen molar-refractivity contribution >= 4 is 6.09 Å². The lowest BCUT2D eigenvalue weighted by Crippen LogP contribution is -2.42. The SMILES string of the molecule is O=C(O)N1CC(CO)CCC1c1ccccc1. The number of rotatable bonds is 2. The van der Waals surface area contributed by atoms with E-state index in [0.29, 0.717) is 6.54 Å². The first-order valence-electron chi connectivity index (χ1n) is 5.87. The first kappa shape index (κ1) is 11.9. The molecule has 1 aliphatic rings. The first-order valence-corrected chi connectivity index (χ1v) is 5.87. The monoisotopic (exact) mass is 235 g/mol. The minimum absolute atomic E-state index is 0.0608. The molecule has 2 unspecified atom stereocenters. The fourth-order valence-electron chi connectivity index (χ4n) is 2.43. The molecule has 1 heterocycles. The molecule has 0 aromatic heterocycles. The third-order valence-electron chi connectivity index (χ3n) is 3.37. The van der Waals surface area contributed by atoms with Gasteiger partial charge in [0.25, 0.3) is 0 Å². The van der Waals surface area contributed by atoms with Crippen molar-refractivity contribution in [3.05, 3.63) is 35.9 Å². The minimum atomic E-state index is -0.906. The van der Waals surface area contributed by atoms with Crippen molar-refractivity contribution in [3.8, 4) is 0 Å². The van der Waals surface area contributed by atoms with Gasteiger partial charge in [0.2, 0.25) is 0 Å². The van der Waals surface area contributed by atoms with E-state index in [2.05, 4.69) is 0 Å². The van der Waals surface area contributed by atoms with E-state index in [-0.39, 0.29) is 18.6 Å². The Bertz CT molecular complexity index is 380. The van der Waals surface area contributed by atoms with E-state index in [9.17, 15) is 9.90 Å². The van der Waals surface area contributed by atoms with Gasteiger partial charge in [-0.15, -0.1) is 0 Å². The summed E-state index contributed by atoms with van der Waals surface area (Å²) in [5.74, 6) is 0.0751. The van der Waals surface area contributed by atoms with Crippen molar-refractivity contribution in [1.29, 1.82) is 0 Å². The number of piperidine rings is 1. The summed E-state index contributed by atoms with van der Waals surface area (Å²) in [6.07, 6.45) is 0.749. The maximum absolute atomic E-state index is 11.2. The second-order valence-corrected chi connectivity index (χ2v) is 4.49. The Morgan fingerprint density at radius 1 is 1.29 bits per heavy atom. The quantitative estimate of drug-likeness (QED) is 0.825. The molecule has 0 aliphatic carbocycles. The minimum Gasteiger partial charge on any atom is -0.465 e. The Labute approximate surface area is 100 Å². The molecule has 1 aromatic carbocycles. The molecule has 1 fully saturated rings. The first-order chi connectivity index (χ1) is 8.22. The number of aliphatic hydroxyl groups excluding tert-OH is 1. The Hall–Kier alpha value is -1.55. The number of aliphatic hydroxyl groups is 1. The standard InChI is InChI=1S/C13H17NO3/c15-9-10-6-7-12(14(8-10)13(16)17)11-4-2-1-3-5-11/h1-5,10,12,15H,6-9H2,(H,16,17). The Morgan fingerprint density at radius 3 is 2.59 bits per heavy atom. The second kappa shape index (κ2) is 5.19. The largest absolute Gasteiger partial charge is 0.465 e. The number of likely N-dealkylation sites (tertiary alicyclic amines) is 1. The Balaban J connectivity index is 2.19. The zero-order valence-electron chi connectivity index (χ0n) is 9.62. The van der Waals surface area contributed by atoms with Crippen LogP contribution in [0.4, 0.5) is 4.79 Å². The highest BCUT2D eigenvalue weighted by molar-refractivity contribution is 5.66. The van der Waals surface area contributed by atoms with E-state index in [1.54, 1.807) is 0 Å². The molecule has 17 heavy (non-hydrogen) atoms. The Morgan fingerprint density at radius 2 is 2.00 bits per heavy atom. The molecule has 1 aliphatic heterocycles. The predicted octanol–water partition coefficient (Wildman–Crippen LogP) is 2.11. The zero-order chi connectivity index (χ0) is 12.3. The molecule has 4 heteroatoms. The summed E-state index contributed by atoms with van der Waals surface area (Å²) in [6.45, 7) is 0.483.